The van der Waals surface area contributed by atoms with Gasteiger partial charge in [-0.1, -0.05) is 30.3 Å². The summed E-state index contributed by atoms with van der Waals surface area (Å²) in [5.74, 6) is 1.23. The van der Waals surface area contributed by atoms with Crippen molar-refractivity contribution < 1.29 is 0 Å². The van der Waals surface area contributed by atoms with E-state index in [0.29, 0.717) is 6.04 Å². The lowest BCUT2D eigenvalue weighted by atomic mass is 9.98. The van der Waals surface area contributed by atoms with Gasteiger partial charge >= 0.3 is 0 Å². The van der Waals surface area contributed by atoms with E-state index in [-0.39, 0.29) is 0 Å². The van der Waals surface area contributed by atoms with Crippen LogP contribution in [0.4, 0.5) is 0 Å². The monoisotopic (exact) mass is 336 g/mol. The van der Waals surface area contributed by atoms with Crippen molar-refractivity contribution in [3.8, 4) is 0 Å². The maximum Gasteiger partial charge on any atom is 0.106 e. The van der Waals surface area contributed by atoms with Crippen molar-refractivity contribution in [2.24, 2.45) is 0 Å². The topological polar surface area (TPSA) is 33.1 Å². The van der Waals surface area contributed by atoms with E-state index in [1.54, 1.807) is 0 Å². The Balaban J connectivity index is 1.36. The zero-order valence-electron chi connectivity index (χ0n) is 15.1. The van der Waals surface area contributed by atoms with Crippen molar-refractivity contribution in [2.45, 2.75) is 70.2 Å². The molecule has 0 aliphatic carbocycles. The summed E-state index contributed by atoms with van der Waals surface area (Å²) in [7, 11) is 0. The van der Waals surface area contributed by atoms with Gasteiger partial charge in [0.15, 0.2) is 0 Å². The van der Waals surface area contributed by atoms with Crippen molar-refractivity contribution in [2.75, 3.05) is 6.54 Å². The Labute approximate surface area is 150 Å². The van der Waals surface area contributed by atoms with Crippen molar-refractivity contribution in [3.05, 3.63) is 53.1 Å². The summed E-state index contributed by atoms with van der Waals surface area (Å²) >= 11 is 0. The van der Waals surface area contributed by atoms with Gasteiger partial charge in [0.1, 0.15) is 5.82 Å². The lowest BCUT2D eigenvalue weighted by Crippen LogP contribution is -2.40. The summed E-state index contributed by atoms with van der Waals surface area (Å²) in [5.41, 5.74) is 4.25. The first kappa shape index (κ1) is 15.6. The van der Waals surface area contributed by atoms with Crippen LogP contribution >= 0.6 is 0 Å². The molecular formula is C21H28N4. The minimum Gasteiger partial charge on any atom is -0.329 e. The van der Waals surface area contributed by atoms with Gasteiger partial charge in [0.05, 0.1) is 5.69 Å². The number of nitrogens with one attached hydrogen (secondary N) is 1. The second-order valence-corrected chi connectivity index (χ2v) is 8.13. The molecule has 3 aliphatic heterocycles. The Morgan fingerprint density at radius 1 is 1.12 bits per heavy atom. The highest BCUT2D eigenvalue weighted by Gasteiger charge is 2.36. The molecule has 1 unspecified atom stereocenters. The molecule has 0 amide bonds. The van der Waals surface area contributed by atoms with Crippen LogP contribution in [0.3, 0.4) is 0 Å². The molecule has 4 heteroatoms. The molecule has 132 valence electrons. The lowest BCUT2D eigenvalue weighted by molar-refractivity contribution is 0.233. The number of nitrogens with zero attached hydrogens (tertiary/aromatic N) is 3. The summed E-state index contributed by atoms with van der Waals surface area (Å²) in [5, 5.41) is 3.77. The molecule has 2 bridgehead atoms. The number of hydrogen-bond acceptors (Lipinski definition) is 3. The molecule has 5 rings (SSSR count). The smallest absolute Gasteiger partial charge is 0.106 e. The highest BCUT2D eigenvalue weighted by Crippen LogP contribution is 2.37. The standard InChI is InChI=1S/C21H28N4/c1-15-22-20-14-24(13-16-5-3-2-4-6-16)10-9-21(20)25(15)19-11-17-7-8-18(12-19)23-17/h2-6,17-19,23H,7-14H2,1H3/t17-,18+,19?. The molecule has 3 atom stereocenters. The van der Waals surface area contributed by atoms with Gasteiger partial charge in [0, 0.05) is 49.9 Å². The largest absolute Gasteiger partial charge is 0.329 e. The van der Waals surface area contributed by atoms with Gasteiger partial charge in [-0.3, -0.25) is 4.90 Å². The molecule has 0 spiro atoms. The summed E-state index contributed by atoms with van der Waals surface area (Å²) < 4.78 is 2.61. The van der Waals surface area contributed by atoms with Gasteiger partial charge in [0.2, 0.25) is 0 Å². The second-order valence-electron chi connectivity index (χ2n) is 8.13. The van der Waals surface area contributed by atoms with E-state index in [4.69, 9.17) is 4.98 Å². The third kappa shape index (κ3) is 2.91. The number of aromatic nitrogens is 2. The van der Waals surface area contributed by atoms with Crippen LogP contribution in [-0.4, -0.2) is 33.1 Å². The van der Waals surface area contributed by atoms with Crippen LogP contribution in [0.15, 0.2) is 30.3 Å². The first-order valence-electron chi connectivity index (χ1n) is 9.85. The fourth-order valence-corrected chi connectivity index (χ4v) is 5.29. The first-order chi connectivity index (χ1) is 12.3. The van der Waals surface area contributed by atoms with Crippen LogP contribution in [0, 0.1) is 6.92 Å². The van der Waals surface area contributed by atoms with Crippen LogP contribution in [0.2, 0.25) is 0 Å². The number of aryl methyl sites for hydroxylation is 1. The number of rotatable bonds is 3. The van der Waals surface area contributed by atoms with E-state index in [2.05, 4.69) is 52.0 Å². The van der Waals surface area contributed by atoms with Crippen LogP contribution < -0.4 is 5.32 Å². The molecule has 1 aromatic carbocycles. The lowest BCUT2D eigenvalue weighted by Gasteiger charge is -2.33. The van der Waals surface area contributed by atoms with Crippen molar-refractivity contribution in [1.29, 1.82) is 0 Å². The molecule has 2 saturated heterocycles. The van der Waals surface area contributed by atoms with Crippen LogP contribution in [-0.2, 0) is 19.5 Å². The Kier molecular flexibility index (Phi) is 3.90. The molecular weight excluding hydrogens is 308 g/mol. The maximum atomic E-state index is 4.99. The van der Waals surface area contributed by atoms with Crippen LogP contribution in [0.1, 0.15) is 54.5 Å². The zero-order chi connectivity index (χ0) is 16.8. The number of imidazole rings is 1. The highest BCUT2D eigenvalue weighted by molar-refractivity contribution is 5.23. The molecule has 4 nitrogen and oxygen atoms in total. The summed E-state index contributed by atoms with van der Waals surface area (Å²) in [6, 6.07) is 12.9. The Morgan fingerprint density at radius 3 is 2.64 bits per heavy atom. The molecule has 1 aromatic heterocycles. The van der Waals surface area contributed by atoms with Gasteiger partial charge in [-0.2, -0.15) is 0 Å². The van der Waals surface area contributed by atoms with E-state index >= 15 is 0 Å². The SMILES string of the molecule is Cc1nc2c(n1C1C[C@H]3CC[C@@H](C1)N3)CCN(Cc1ccccc1)C2. The molecule has 4 heterocycles. The second kappa shape index (κ2) is 6.26. The minimum absolute atomic E-state index is 0.663. The highest BCUT2D eigenvalue weighted by atomic mass is 15.2. The predicted molar refractivity (Wildman–Crippen MR) is 99.4 cm³/mol. The van der Waals surface area contributed by atoms with Crippen molar-refractivity contribution >= 4 is 0 Å². The maximum absolute atomic E-state index is 4.99. The molecule has 1 N–H and O–H groups in total. The molecule has 0 radical (unpaired) electrons. The third-order valence-electron chi connectivity index (χ3n) is 6.37. The molecule has 3 aliphatic rings. The minimum atomic E-state index is 0.663. The van der Waals surface area contributed by atoms with E-state index in [0.717, 1.165) is 38.1 Å². The summed E-state index contributed by atoms with van der Waals surface area (Å²) in [4.78, 5) is 7.53. The van der Waals surface area contributed by atoms with Crippen molar-refractivity contribution in [3.63, 3.8) is 0 Å². The van der Waals surface area contributed by atoms with Gasteiger partial charge < -0.3 is 9.88 Å². The van der Waals surface area contributed by atoms with Crippen LogP contribution in [0.25, 0.3) is 0 Å². The first-order valence-corrected chi connectivity index (χ1v) is 9.85. The third-order valence-corrected chi connectivity index (χ3v) is 6.37. The Morgan fingerprint density at radius 2 is 1.88 bits per heavy atom. The van der Waals surface area contributed by atoms with Crippen molar-refractivity contribution in [1.82, 2.24) is 19.8 Å². The van der Waals surface area contributed by atoms with E-state index in [9.17, 15) is 0 Å². The Hall–Kier alpha value is -1.65. The number of benzene rings is 1. The average Bonchev–Trinajstić information content (AvgIpc) is 3.13. The Bertz CT molecular complexity index is 739. The zero-order valence-corrected chi connectivity index (χ0v) is 15.1. The van der Waals surface area contributed by atoms with Gasteiger partial charge in [-0.25, -0.2) is 4.98 Å². The van der Waals surface area contributed by atoms with Crippen LogP contribution in [0.5, 0.6) is 0 Å². The number of fused-ring (bicyclic) bond motifs is 3. The summed E-state index contributed by atoms with van der Waals surface area (Å²) in [6.45, 7) is 5.38. The van der Waals surface area contributed by atoms with Gasteiger partial charge in [-0.15, -0.1) is 0 Å². The van der Waals surface area contributed by atoms with E-state index < -0.39 is 0 Å². The quantitative estimate of drug-likeness (QED) is 0.934. The number of piperidine rings is 1. The summed E-state index contributed by atoms with van der Waals surface area (Å²) in [6.07, 6.45) is 6.44. The molecule has 2 fully saturated rings. The van der Waals surface area contributed by atoms with E-state index in [1.807, 2.05) is 0 Å². The molecule has 0 saturated carbocycles. The predicted octanol–water partition coefficient (Wildman–Crippen LogP) is 3.21. The molecule has 25 heavy (non-hydrogen) atoms. The van der Waals surface area contributed by atoms with Gasteiger partial charge in [0.25, 0.3) is 0 Å². The van der Waals surface area contributed by atoms with Gasteiger partial charge in [-0.05, 0) is 38.2 Å². The number of hydrogen-bond donors (Lipinski definition) is 1. The fraction of sp³-hybridized carbons (Fsp3) is 0.571. The normalized spacial score (nSPS) is 28.9. The average molecular weight is 336 g/mol. The van der Waals surface area contributed by atoms with E-state index in [1.165, 1.54) is 48.5 Å². The fourth-order valence-electron chi connectivity index (χ4n) is 5.29. The molecule has 2 aromatic rings.